The summed E-state index contributed by atoms with van der Waals surface area (Å²) in [7, 11) is -3.12. The van der Waals surface area contributed by atoms with Crippen LogP contribution in [-0.2, 0) is 14.6 Å². The molecule has 6 nitrogen and oxygen atoms in total. The number of aromatic nitrogens is 2. The van der Waals surface area contributed by atoms with E-state index in [2.05, 4.69) is 29.4 Å². The van der Waals surface area contributed by atoms with Gasteiger partial charge in [0, 0.05) is 18.6 Å². The summed E-state index contributed by atoms with van der Waals surface area (Å²) in [5.41, 5.74) is 0. The third kappa shape index (κ3) is 5.65. The molecule has 1 amide bonds. The molecular weight excluding hydrogens is 286 g/mol. The Morgan fingerprint density at radius 1 is 1.32 bits per heavy atom. The van der Waals surface area contributed by atoms with Gasteiger partial charge < -0.3 is 5.32 Å². The zero-order chi connectivity index (χ0) is 14.5. The van der Waals surface area contributed by atoms with E-state index in [9.17, 15) is 13.2 Å². The lowest BCUT2D eigenvalue weighted by Gasteiger charge is -2.05. The monoisotopic (exact) mass is 305 g/mol. The number of nitrogens with one attached hydrogen (secondary N) is 1. The predicted molar refractivity (Wildman–Crippen MR) is 76.2 cm³/mol. The fraction of sp³-hybridized carbons (Fsp3) is 0.727. The predicted octanol–water partition coefficient (Wildman–Crippen LogP) is 1.81. The summed E-state index contributed by atoms with van der Waals surface area (Å²) in [5, 5.41) is 11.9. The normalized spacial score (nSPS) is 11.8. The zero-order valence-electron chi connectivity index (χ0n) is 11.3. The third-order valence-corrected chi connectivity index (χ3v) is 4.67. The first-order chi connectivity index (χ1) is 8.85. The molecule has 0 aliphatic heterocycles. The fourth-order valence-electron chi connectivity index (χ4n) is 1.55. The summed E-state index contributed by atoms with van der Waals surface area (Å²) in [6.07, 6.45) is 3.01. The van der Waals surface area contributed by atoms with Gasteiger partial charge in [-0.25, -0.2) is 8.42 Å². The van der Waals surface area contributed by atoms with Crippen LogP contribution in [0.15, 0.2) is 0 Å². The number of rotatable bonds is 7. The highest BCUT2D eigenvalue weighted by atomic mass is 32.2. The Morgan fingerprint density at radius 3 is 2.47 bits per heavy atom. The highest BCUT2D eigenvalue weighted by molar-refractivity contribution is 7.90. The second-order valence-electron chi connectivity index (χ2n) is 4.39. The number of sulfone groups is 1. The van der Waals surface area contributed by atoms with E-state index in [0.717, 1.165) is 24.1 Å². The Bertz CT molecular complexity index is 521. The van der Waals surface area contributed by atoms with E-state index in [0.29, 0.717) is 11.0 Å². The highest BCUT2D eigenvalue weighted by Crippen LogP contribution is 2.27. The van der Waals surface area contributed by atoms with E-state index in [1.165, 1.54) is 11.3 Å². The summed E-state index contributed by atoms with van der Waals surface area (Å²) >= 11 is 1.35. The molecule has 1 heterocycles. The van der Waals surface area contributed by atoms with Gasteiger partial charge in [0.2, 0.25) is 11.0 Å². The molecule has 0 aliphatic rings. The molecule has 19 heavy (non-hydrogen) atoms. The Balaban J connectivity index is 2.56. The quantitative estimate of drug-likeness (QED) is 0.830. The second kappa shape index (κ2) is 6.95. The number of hydrogen-bond donors (Lipinski definition) is 1. The Kier molecular flexibility index (Phi) is 5.86. The largest absolute Gasteiger partial charge is 0.301 e. The molecule has 0 aliphatic carbocycles. The average Bonchev–Trinajstić information content (AvgIpc) is 2.76. The maximum absolute atomic E-state index is 11.5. The van der Waals surface area contributed by atoms with Gasteiger partial charge in [0.1, 0.15) is 14.8 Å². The smallest absolute Gasteiger partial charge is 0.227 e. The molecule has 0 spiro atoms. The lowest BCUT2D eigenvalue weighted by molar-refractivity contribution is -0.115. The van der Waals surface area contributed by atoms with Crippen LogP contribution in [0, 0.1) is 0 Å². The van der Waals surface area contributed by atoms with Gasteiger partial charge in [-0.1, -0.05) is 25.2 Å². The van der Waals surface area contributed by atoms with Gasteiger partial charge in [0.05, 0.1) is 5.75 Å². The molecule has 8 heteroatoms. The van der Waals surface area contributed by atoms with Gasteiger partial charge in [0.15, 0.2) is 0 Å². The minimum atomic E-state index is -3.12. The lowest BCUT2D eigenvalue weighted by Crippen LogP contribution is -2.16. The molecule has 0 radical (unpaired) electrons. The van der Waals surface area contributed by atoms with Crippen molar-refractivity contribution < 1.29 is 13.2 Å². The van der Waals surface area contributed by atoms with Crippen molar-refractivity contribution in [2.75, 3.05) is 17.3 Å². The maximum Gasteiger partial charge on any atom is 0.227 e. The fourth-order valence-corrected chi connectivity index (χ4v) is 3.13. The first-order valence-corrected chi connectivity index (χ1v) is 9.04. The number of hydrogen-bond acceptors (Lipinski definition) is 6. The van der Waals surface area contributed by atoms with Gasteiger partial charge in [-0.3, -0.25) is 4.79 Å². The number of amides is 1. The van der Waals surface area contributed by atoms with E-state index in [-0.39, 0.29) is 18.1 Å². The van der Waals surface area contributed by atoms with Crippen molar-refractivity contribution in [2.45, 2.75) is 39.0 Å². The lowest BCUT2D eigenvalue weighted by atomic mass is 10.1. The van der Waals surface area contributed by atoms with Crippen LogP contribution in [0.3, 0.4) is 0 Å². The van der Waals surface area contributed by atoms with E-state index >= 15 is 0 Å². The van der Waals surface area contributed by atoms with Crippen molar-refractivity contribution >= 4 is 32.2 Å². The summed E-state index contributed by atoms with van der Waals surface area (Å²) in [6.45, 7) is 4.17. The third-order valence-electron chi connectivity index (χ3n) is 2.72. The van der Waals surface area contributed by atoms with E-state index < -0.39 is 9.84 Å². The van der Waals surface area contributed by atoms with Crippen LogP contribution >= 0.6 is 11.3 Å². The molecule has 108 valence electrons. The van der Waals surface area contributed by atoms with Crippen molar-refractivity contribution in [3.8, 4) is 0 Å². The zero-order valence-corrected chi connectivity index (χ0v) is 13.0. The van der Waals surface area contributed by atoms with Crippen LogP contribution < -0.4 is 5.32 Å². The minimum Gasteiger partial charge on any atom is -0.301 e. The molecule has 0 saturated heterocycles. The summed E-state index contributed by atoms with van der Waals surface area (Å²) in [5.74, 6) is -0.145. The molecule has 1 N–H and O–H groups in total. The summed E-state index contributed by atoms with van der Waals surface area (Å²) in [6, 6.07) is 0. The number of anilines is 1. The molecule has 0 aromatic carbocycles. The number of carbonyl (C=O) groups is 1. The molecule has 0 saturated carbocycles. The summed E-state index contributed by atoms with van der Waals surface area (Å²) < 4.78 is 21.9. The highest BCUT2D eigenvalue weighted by Gasteiger charge is 2.15. The second-order valence-corrected chi connectivity index (χ2v) is 7.66. The molecule has 0 atom stereocenters. The maximum atomic E-state index is 11.5. The standard InChI is InChI=1S/C11H19N3O3S2/c1-4-8(5-2)10-13-14-11(18-10)12-9(15)6-7-19(3,16)17/h8H,4-7H2,1-3H3,(H,12,14,15). The van der Waals surface area contributed by atoms with Crippen molar-refractivity contribution in [2.24, 2.45) is 0 Å². The van der Waals surface area contributed by atoms with Crippen LogP contribution in [0.1, 0.15) is 44.0 Å². The van der Waals surface area contributed by atoms with Gasteiger partial charge in [-0.2, -0.15) is 0 Å². The van der Waals surface area contributed by atoms with Crippen LogP contribution in [0.2, 0.25) is 0 Å². The van der Waals surface area contributed by atoms with Gasteiger partial charge in [-0.05, 0) is 12.8 Å². The van der Waals surface area contributed by atoms with E-state index in [1.54, 1.807) is 0 Å². The Hall–Kier alpha value is -1.02. The molecule has 0 bridgehead atoms. The first kappa shape index (κ1) is 16.0. The minimum absolute atomic E-state index is 0.0568. The van der Waals surface area contributed by atoms with Gasteiger partial charge in [0.25, 0.3) is 0 Å². The first-order valence-electron chi connectivity index (χ1n) is 6.16. The van der Waals surface area contributed by atoms with E-state index in [1.807, 2.05) is 0 Å². The molecular formula is C11H19N3O3S2. The Labute approximate surface area is 117 Å². The van der Waals surface area contributed by atoms with Crippen LogP contribution in [0.4, 0.5) is 5.13 Å². The van der Waals surface area contributed by atoms with Crippen molar-refractivity contribution in [1.29, 1.82) is 0 Å². The van der Waals surface area contributed by atoms with Crippen molar-refractivity contribution in [3.05, 3.63) is 5.01 Å². The van der Waals surface area contributed by atoms with Crippen molar-refractivity contribution in [1.82, 2.24) is 10.2 Å². The molecule has 0 fully saturated rings. The summed E-state index contributed by atoms with van der Waals surface area (Å²) in [4.78, 5) is 11.5. The Morgan fingerprint density at radius 2 is 1.95 bits per heavy atom. The van der Waals surface area contributed by atoms with E-state index in [4.69, 9.17) is 0 Å². The number of carbonyl (C=O) groups excluding carboxylic acids is 1. The molecule has 1 rings (SSSR count). The molecule has 1 aromatic rings. The van der Waals surface area contributed by atoms with Crippen LogP contribution in [-0.4, -0.2) is 36.5 Å². The van der Waals surface area contributed by atoms with Crippen molar-refractivity contribution in [3.63, 3.8) is 0 Å². The SMILES string of the molecule is CCC(CC)c1nnc(NC(=O)CCS(C)(=O)=O)s1. The van der Waals surface area contributed by atoms with Gasteiger partial charge in [-0.15, -0.1) is 10.2 Å². The molecule has 0 unspecified atom stereocenters. The average molecular weight is 305 g/mol. The van der Waals surface area contributed by atoms with Crippen LogP contribution in [0.25, 0.3) is 0 Å². The van der Waals surface area contributed by atoms with Gasteiger partial charge >= 0.3 is 0 Å². The molecule has 1 aromatic heterocycles. The number of nitrogens with zero attached hydrogens (tertiary/aromatic N) is 2. The van der Waals surface area contributed by atoms with Crippen LogP contribution in [0.5, 0.6) is 0 Å². The topological polar surface area (TPSA) is 89.0 Å².